The fourth-order valence-corrected chi connectivity index (χ4v) is 4.28. The first-order valence-corrected chi connectivity index (χ1v) is 12.4. The Morgan fingerprint density at radius 2 is 2.00 bits per heavy atom. The summed E-state index contributed by atoms with van der Waals surface area (Å²) in [5.74, 6) is -3.14. The van der Waals surface area contributed by atoms with E-state index >= 15 is 4.39 Å². The highest BCUT2D eigenvalue weighted by atomic mass is 19.3. The molecule has 1 aliphatic heterocycles. The van der Waals surface area contributed by atoms with Crippen molar-refractivity contribution in [1.82, 2.24) is 15.3 Å². The van der Waals surface area contributed by atoms with Crippen molar-refractivity contribution in [2.24, 2.45) is 0 Å². The molecule has 1 fully saturated rings. The number of alkyl halides is 2. The van der Waals surface area contributed by atoms with Crippen LogP contribution in [0, 0.1) is 12.7 Å². The molecule has 1 unspecified atom stereocenters. The minimum Gasteiger partial charge on any atom is -0.493 e. The quantitative estimate of drug-likeness (QED) is 0.370. The maximum absolute atomic E-state index is 15.4. The number of rotatable bonds is 9. The molecule has 2 aromatic carbocycles. The van der Waals surface area contributed by atoms with Crippen LogP contribution in [0.25, 0.3) is 10.9 Å². The first-order chi connectivity index (χ1) is 17.9. The summed E-state index contributed by atoms with van der Waals surface area (Å²) in [6.07, 6.45) is -0.117. The summed E-state index contributed by atoms with van der Waals surface area (Å²) in [4.78, 5) is 8.97. The minimum absolute atomic E-state index is 0.00257. The maximum atomic E-state index is 15.4. The van der Waals surface area contributed by atoms with Gasteiger partial charge in [0.15, 0.2) is 11.5 Å². The molecule has 8 nitrogen and oxygen atoms in total. The third kappa shape index (κ3) is 5.64. The van der Waals surface area contributed by atoms with E-state index in [0.717, 1.165) is 26.5 Å². The Morgan fingerprint density at radius 3 is 2.66 bits per heavy atom. The summed E-state index contributed by atoms with van der Waals surface area (Å²) in [5, 5.41) is 16.9. The molecular weight excluding hydrogens is 501 g/mol. The number of anilines is 1. The molecule has 0 aliphatic carbocycles. The number of ether oxygens (including phenoxy) is 3. The summed E-state index contributed by atoms with van der Waals surface area (Å²) in [5.41, 5.74) is -2.76. The highest BCUT2D eigenvalue weighted by molar-refractivity contribution is 5.92. The van der Waals surface area contributed by atoms with Gasteiger partial charge in [0.2, 0.25) is 0 Å². The zero-order valence-electron chi connectivity index (χ0n) is 22.1. The number of halogens is 3. The number of benzene rings is 2. The van der Waals surface area contributed by atoms with Crippen LogP contribution >= 0.6 is 0 Å². The second kappa shape index (κ2) is 10.9. The SMILES string of the molecule is COc1cc2nc(C)nc(N[C@H](C)c3cccc(C(F)(F)C(C)(C)O)c3F)c2cc1OCC1CNCCO1. The molecule has 206 valence electrons. The Morgan fingerprint density at radius 1 is 1.24 bits per heavy atom. The summed E-state index contributed by atoms with van der Waals surface area (Å²) < 4.78 is 62.2. The zero-order chi connectivity index (χ0) is 27.7. The van der Waals surface area contributed by atoms with Crippen LogP contribution in [-0.2, 0) is 10.7 Å². The van der Waals surface area contributed by atoms with Gasteiger partial charge in [0.05, 0.1) is 30.8 Å². The van der Waals surface area contributed by atoms with E-state index < -0.39 is 28.9 Å². The number of aryl methyl sites for hydroxylation is 1. The van der Waals surface area contributed by atoms with Gasteiger partial charge in [0.25, 0.3) is 0 Å². The highest BCUT2D eigenvalue weighted by Gasteiger charge is 2.49. The van der Waals surface area contributed by atoms with Crippen LogP contribution in [0.4, 0.5) is 19.0 Å². The summed E-state index contributed by atoms with van der Waals surface area (Å²) in [7, 11) is 1.53. The molecule has 0 spiro atoms. The van der Waals surface area contributed by atoms with Gasteiger partial charge >= 0.3 is 5.92 Å². The van der Waals surface area contributed by atoms with Gasteiger partial charge in [0.1, 0.15) is 35.8 Å². The van der Waals surface area contributed by atoms with Crippen molar-refractivity contribution in [2.75, 3.05) is 38.7 Å². The van der Waals surface area contributed by atoms with E-state index in [2.05, 4.69) is 20.6 Å². The van der Waals surface area contributed by atoms with Crippen LogP contribution in [0.3, 0.4) is 0 Å². The third-order valence-electron chi connectivity index (χ3n) is 6.48. The van der Waals surface area contributed by atoms with Crippen LogP contribution in [0.15, 0.2) is 30.3 Å². The first-order valence-electron chi connectivity index (χ1n) is 12.4. The standard InChI is InChI=1S/C27H33F3N4O4/c1-15(18-7-6-8-20(24(18)28)27(29,30)26(3,4)35)32-25-19-11-23(38-14-17-13-31-9-10-37-17)22(36-5)12-21(19)33-16(2)34-25/h6-8,11-12,15,17,31,35H,9-10,13-14H2,1-5H3,(H,32,33,34)/t15-,17?/m1/s1. The number of methoxy groups -OCH3 is 1. The van der Waals surface area contributed by atoms with Gasteiger partial charge in [-0.05, 0) is 39.8 Å². The van der Waals surface area contributed by atoms with E-state index in [4.69, 9.17) is 14.2 Å². The largest absolute Gasteiger partial charge is 0.493 e. The predicted octanol–water partition coefficient (Wildman–Crippen LogP) is 4.49. The van der Waals surface area contributed by atoms with Crippen LogP contribution in [0.1, 0.15) is 43.8 Å². The third-order valence-corrected chi connectivity index (χ3v) is 6.48. The normalized spacial score (nSPS) is 17.3. The predicted molar refractivity (Wildman–Crippen MR) is 138 cm³/mol. The topological polar surface area (TPSA) is 97.8 Å². The molecule has 2 heterocycles. The van der Waals surface area contributed by atoms with Crippen LogP contribution in [0.2, 0.25) is 0 Å². The van der Waals surface area contributed by atoms with Crippen molar-refractivity contribution in [3.05, 3.63) is 53.1 Å². The Balaban J connectivity index is 1.67. The van der Waals surface area contributed by atoms with E-state index in [-0.39, 0.29) is 11.7 Å². The van der Waals surface area contributed by atoms with E-state index in [1.165, 1.54) is 19.2 Å². The molecule has 11 heteroatoms. The lowest BCUT2D eigenvalue weighted by atomic mass is 9.91. The average molecular weight is 535 g/mol. The molecule has 3 aromatic rings. The molecule has 0 bridgehead atoms. The molecule has 0 radical (unpaired) electrons. The Kier molecular flexibility index (Phi) is 8.01. The minimum atomic E-state index is -3.80. The van der Waals surface area contributed by atoms with Gasteiger partial charge in [-0.1, -0.05) is 12.1 Å². The van der Waals surface area contributed by atoms with Gasteiger partial charge in [0, 0.05) is 30.1 Å². The lowest BCUT2D eigenvalue weighted by Crippen LogP contribution is -2.41. The second-order valence-corrected chi connectivity index (χ2v) is 9.86. The highest BCUT2D eigenvalue weighted by Crippen LogP contribution is 2.42. The molecule has 1 aliphatic rings. The fraction of sp³-hybridized carbons (Fsp3) is 0.481. The van der Waals surface area contributed by atoms with Gasteiger partial charge in [-0.25, -0.2) is 14.4 Å². The van der Waals surface area contributed by atoms with Crippen LogP contribution in [-0.4, -0.2) is 60.2 Å². The number of hydrogen-bond donors (Lipinski definition) is 3. The van der Waals surface area contributed by atoms with Crippen molar-refractivity contribution in [1.29, 1.82) is 0 Å². The van der Waals surface area contributed by atoms with Gasteiger partial charge in [-0.15, -0.1) is 0 Å². The van der Waals surface area contributed by atoms with E-state index in [1.807, 2.05) is 0 Å². The van der Waals surface area contributed by atoms with E-state index in [1.54, 1.807) is 26.0 Å². The molecule has 0 saturated carbocycles. The first kappa shape index (κ1) is 27.9. The summed E-state index contributed by atoms with van der Waals surface area (Å²) in [6.45, 7) is 7.60. The maximum Gasteiger partial charge on any atom is 0.303 e. The Bertz CT molecular complexity index is 1290. The zero-order valence-corrected chi connectivity index (χ0v) is 22.1. The van der Waals surface area contributed by atoms with Gasteiger partial charge < -0.3 is 30.0 Å². The van der Waals surface area contributed by atoms with Crippen molar-refractivity contribution in [3.63, 3.8) is 0 Å². The molecule has 1 aromatic heterocycles. The van der Waals surface area contributed by atoms with E-state index in [9.17, 15) is 13.9 Å². The van der Waals surface area contributed by atoms with Crippen LogP contribution < -0.4 is 20.1 Å². The second-order valence-electron chi connectivity index (χ2n) is 9.86. The molecule has 3 N–H and O–H groups in total. The number of fused-ring (bicyclic) bond motifs is 1. The molecule has 0 amide bonds. The molecular formula is C27H33F3N4O4. The molecule has 2 atom stereocenters. The van der Waals surface area contributed by atoms with Crippen molar-refractivity contribution >= 4 is 16.7 Å². The summed E-state index contributed by atoms with van der Waals surface area (Å²) >= 11 is 0. The van der Waals surface area contributed by atoms with E-state index in [0.29, 0.717) is 53.8 Å². The summed E-state index contributed by atoms with van der Waals surface area (Å²) in [6, 6.07) is 6.44. The fourth-order valence-electron chi connectivity index (χ4n) is 4.28. The lowest BCUT2D eigenvalue weighted by molar-refractivity contribution is -0.170. The lowest BCUT2D eigenvalue weighted by Gasteiger charge is -2.30. The average Bonchev–Trinajstić information content (AvgIpc) is 2.86. The Hall–Kier alpha value is -3.15. The molecule has 38 heavy (non-hydrogen) atoms. The van der Waals surface area contributed by atoms with Crippen molar-refractivity contribution in [2.45, 2.75) is 51.4 Å². The number of hydrogen-bond acceptors (Lipinski definition) is 8. The molecule has 1 saturated heterocycles. The van der Waals surface area contributed by atoms with Gasteiger partial charge in [-0.2, -0.15) is 8.78 Å². The number of morpholine rings is 1. The van der Waals surface area contributed by atoms with Crippen molar-refractivity contribution in [3.8, 4) is 11.5 Å². The van der Waals surface area contributed by atoms with Crippen molar-refractivity contribution < 1.29 is 32.5 Å². The monoisotopic (exact) mass is 534 g/mol. The number of aliphatic hydroxyl groups is 1. The smallest absolute Gasteiger partial charge is 0.303 e. The van der Waals surface area contributed by atoms with Gasteiger partial charge in [-0.3, -0.25) is 0 Å². The number of nitrogens with zero attached hydrogens (tertiary/aromatic N) is 2. The number of nitrogens with one attached hydrogen (secondary N) is 2. The van der Waals surface area contributed by atoms with Crippen LogP contribution in [0.5, 0.6) is 11.5 Å². The molecule has 4 rings (SSSR count). The number of aromatic nitrogens is 2. The Labute approximate surface area is 219 Å².